The van der Waals surface area contributed by atoms with Gasteiger partial charge in [0.05, 0.1) is 5.70 Å². The van der Waals surface area contributed by atoms with Crippen molar-refractivity contribution in [1.82, 2.24) is 0 Å². The molecule has 0 atom stereocenters. The molecule has 0 aliphatic heterocycles. The average Bonchev–Trinajstić information content (AvgIpc) is 1.96. The van der Waals surface area contributed by atoms with Crippen LogP contribution < -0.4 is 0 Å². The third-order valence-electron chi connectivity index (χ3n) is 1.35. The highest BCUT2D eigenvalue weighted by molar-refractivity contribution is 5.62. The van der Waals surface area contributed by atoms with E-state index in [0.717, 1.165) is 5.70 Å². The molecule has 0 rings (SSSR count). The van der Waals surface area contributed by atoms with Gasteiger partial charge >= 0.3 is 0 Å². The normalized spacial score (nSPS) is 11.8. The molecule has 0 aliphatic rings. The van der Waals surface area contributed by atoms with Crippen LogP contribution in [-0.4, -0.2) is 6.21 Å². The van der Waals surface area contributed by atoms with Crippen LogP contribution >= 0.6 is 0 Å². The number of nitrogens with zero attached hydrogens (tertiary/aromatic N) is 1. The van der Waals surface area contributed by atoms with Gasteiger partial charge in [-0.05, 0) is 32.8 Å². The maximum atomic E-state index is 4.38. The molecule has 0 amide bonds. The van der Waals surface area contributed by atoms with Gasteiger partial charge < -0.3 is 0 Å². The van der Waals surface area contributed by atoms with E-state index in [1.165, 1.54) is 5.57 Å². The van der Waals surface area contributed by atoms with Crippen molar-refractivity contribution in [2.75, 3.05) is 0 Å². The smallest absolute Gasteiger partial charge is 0.0608 e. The van der Waals surface area contributed by atoms with Crippen LogP contribution in [0.15, 0.2) is 28.4 Å². The third-order valence-corrected chi connectivity index (χ3v) is 1.35. The fourth-order valence-corrected chi connectivity index (χ4v) is 0.726. The Morgan fingerprint density at radius 3 is 2.17 bits per heavy atom. The van der Waals surface area contributed by atoms with E-state index in [4.69, 9.17) is 0 Å². The van der Waals surface area contributed by atoms with Crippen LogP contribution in [0.5, 0.6) is 0 Å². The van der Waals surface area contributed by atoms with E-state index in [9.17, 15) is 0 Å². The van der Waals surface area contributed by atoms with Crippen molar-refractivity contribution in [2.24, 2.45) is 10.9 Å². The fraction of sp³-hybridized carbons (Fsp3) is 0.545. The number of hydrogen-bond donors (Lipinski definition) is 0. The highest BCUT2D eigenvalue weighted by Crippen LogP contribution is 2.06. The van der Waals surface area contributed by atoms with Crippen molar-refractivity contribution in [3.05, 3.63) is 23.4 Å². The molecule has 0 aromatic carbocycles. The summed E-state index contributed by atoms with van der Waals surface area (Å²) in [6.07, 6.45) is 6.02. The van der Waals surface area contributed by atoms with E-state index >= 15 is 0 Å². The number of hydrogen-bond acceptors (Lipinski definition) is 1. The zero-order chi connectivity index (χ0) is 9.56. The monoisotopic (exact) mass is 165 g/mol. The Morgan fingerprint density at radius 1 is 1.25 bits per heavy atom. The minimum atomic E-state index is 0.518. The highest BCUT2D eigenvalue weighted by Gasteiger charge is 1.90. The molecule has 12 heavy (non-hydrogen) atoms. The molecule has 1 heteroatoms. The fourth-order valence-electron chi connectivity index (χ4n) is 0.726. The number of allylic oxidation sites excluding steroid dienone is 3. The van der Waals surface area contributed by atoms with Gasteiger partial charge in [-0.1, -0.05) is 25.5 Å². The van der Waals surface area contributed by atoms with Gasteiger partial charge in [-0.3, -0.25) is 4.99 Å². The van der Waals surface area contributed by atoms with Gasteiger partial charge in [0.25, 0.3) is 0 Å². The molecule has 0 saturated carbocycles. The second-order valence-corrected chi connectivity index (χ2v) is 3.41. The third kappa shape index (κ3) is 4.89. The Hall–Kier alpha value is -0.850. The first-order valence-electron chi connectivity index (χ1n) is 4.42. The molecule has 0 heterocycles. The SMILES string of the molecule is CC=CC(N=CC(C)C)=C(C)C. The zero-order valence-corrected chi connectivity index (χ0v) is 8.76. The van der Waals surface area contributed by atoms with E-state index in [0.29, 0.717) is 5.92 Å². The van der Waals surface area contributed by atoms with Gasteiger partial charge in [-0.25, -0.2) is 0 Å². The molecule has 0 spiro atoms. The zero-order valence-electron chi connectivity index (χ0n) is 8.76. The minimum Gasteiger partial charge on any atom is -0.261 e. The van der Waals surface area contributed by atoms with E-state index in [1.54, 1.807) is 0 Å². The molecule has 0 aromatic rings. The lowest BCUT2D eigenvalue weighted by atomic mass is 10.2. The van der Waals surface area contributed by atoms with Crippen LogP contribution in [-0.2, 0) is 0 Å². The molecule has 0 N–H and O–H groups in total. The topological polar surface area (TPSA) is 12.4 Å². The van der Waals surface area contributed by atoms with Gasteiger partial charge in [-0.15, -0.1) is 0 Å². The maximum Gasteiger partial charge on any atom is 0.0608 e. The summed E-state index contributed by atoms with van der Waals surface area (Å²) in [6.45, 7) is 10.4. The van der Waals surface area contributed by atoms with Crippen LogP contribution in [0.25, 0.3) is 0 Å². The first kappa shape index (κ1) is 11.2. The van der Waals surface area contributed by atoms with Gasteiger partial charge in [0, 0.05) is 6.21 Å². The minimum absolute atomic E-state index is 0.518. The summed E-state index contributed by atoms with van der Waals surface area (Å²) >= 11 is 0. The largest absolute Gasteiger partial charge is 0.261 e. The first-order chi connectivity index (χ1) is 5.57. The van der Waals surface area contributed by atoms with E-state index in [2.05, 4.69) is 32.7 Å². The molecule has 0 saturated heterocycles. The molecule has 1 nitrogen and oxygen atoms in total. The van der Waals surface area contributed by atoms with Gasteiger partial charge in [-0.2, -0.15) is 0 Å². The average molecular weight is 165 g/mol. The Kier molecular flexibility index (Phi) is 5.35. The molecular formula is C11H19N. The summed E-state index contributed by atoms with van der Waals surface area (Å²) in [5.41, 5.74) is 2.33. The van der Waals surface area contributed by atoms with Crippen molar-refractivity contribution in [2.45, 2.75) is 34.6 Å². The second kappa shape index (κ2) is 5.76. The Labute approximate surface area is 75.9 Å². The molecular weight excluding hydrogens is 146 g/mol. The molecule has 0 radical (unpaired) electrons. The quantitative estimate of drug-likeness (QED) is 0.447. The summed E-state index contributed by atoms with van der Waals surface area (Å²) in [4.78, 5) is 4.38. The lowest BCUT2D eigenvalue weighted by molar-refractivity contribution is 0.905. The molecule has 68 valence electrons. The highest BCUT2D eigenvalue weighted by atomic mass is 14.7. The second-order valence-electron chi connectivity index (χ2n) is 3.41. The Balaban J connectivity index is 4.47. The predicted molar refractivity (Wildman–Crippen MR) is 56.5 cm³/mol. The molecule has 0 aromatic heterocycles. The summed E-state index contributed by atoms with van der Waals surface area (Å²) in [7, 11) is 0. The van der Waals surface area contributed by atoms with Crippen molar-refractivity contribution >= 4 is 6.21 Å². The van der Waals surface area contributed by atoms with Gasteiger partial charge in [0.2, 0.25) is 0 Å². The van der Waals surface area contributed by atoms with Crippen molar-refractivity contribution in [1.29, 1.82) is 0 Å². The van der Waals surface area contributed by atoms with E-state index in [-0.39, 0.29) is 0 Å². The van der Waals surface area contributed by atoms with Gasteiger partial charge in [0.15, 0.2) is 0 Å². The Bertz CT molecular complexity index is 203. The van der Waals surface area contributed by atoms with Crippen LogP contribution in [0.2, 0.25) is 0 Å². The first-order valence-corrected chi connectivity index (χ1v) is 4.42. The van der Waals surface area contributed by atoms with E-state index in [1.807, 2.05) is 25.3 Å². The summed E-state index contributed by atoms with van der Waals surface area (Å²) in [6, 6.07) is 0. The van der Waals surface area contributed by atoms with Crippen LogP contribution in [0, 0.1) is 5.92 Å². The summed E-state index contributed by atoms with van der Waals surface area (Å²) in [5, 5.41) is 0. The molecule has 0 fully saturated rings. The van der Waals surface area contributed by atoms with Crippen LogP contribution in [0.4, 0.5) is 0 Å². The maximum absolute atomic E-state index is 4.38. The Morgan fingerprint density at radius 2 is 1.83 bits per heavy atom. The standard InChI is InChI=1S/C11H19N/c1-6-7-11(10(4)5)12-8-9(2)3/h6-9H,1-5H3. The van der Waals surface area contributed by atoms with Crippen molar-refractivity contribution in [3.8, 4) is 0 Å². The predicted octanol–water partition coefficient (Wildman–Crippen LogP) is 3.58. The number of rotatable bonds is 3. The molecule has 0 bridgehead atoms. The van der Waals surface area contributed by atoms with Crippen LogP contribution in [0.3, 0.4) is 0 Å². The lowest BCUT2D eigenvalue weighted by Crippen LogP contribution is -1.88. The van der Waals surface area contributed by atoms with Gasteiger partial charge in [0.1, 0.15) is 0 Å². The summed E-state index contributed by atoms with van der Waals surface area (Å²) in [5.74, 6) is 0.518. The number of aliphatic imine (C=N–C) groups is 1. The molecule has 0 aliphatic carbocycles. The molecule has 0 unspecified atom stereocenters. The van der Waals surface area contributed by atoms with Crippen LogP contribution in [0.1, 0.15) is 34.6 Å². The van der Waals surface area contributed by atoms with Crippen molar-refractivity contribution < 1.29 is 0 Å². The lowest BCUT2D eigenvalue weighted by Gasteiger charge is -1.98. The summed E-state index contributed by atoms with van der Waals surface area (Å²) < 4.78 is 0. The van der Waals surface area contributed by atoms with E-state index < -0.39 is 0 Å². The van der Waals surface area contributed by atoms with Crippen molar-refractivity contribution in [3.63, 3.8) is 0 Å².